The van der Waals surface area contributed by atoms with Crippen molar-refractivity contribution in [2.24, 2.45) is 0 Å². The lowest BCUT2D eigenvalue weighted by Gasteiger charge is -2.19. The molecule has 1 saturated carbocycles. The molecule has 2 aliphatic rings. The van der Waals surface area contributed by atoms with Crippen LogP contribution in [0.4, 0.5) is 0 Å². The van der Waals surface area contributed by atoms with Crippen LogP contribution >= 0.6 is 0 Å². The zero-order valence-corrected chi connectivity index (χ0v) is 9.47. The predicted molar refractivity (Wildman–Crippen MR) is 62.0 cm³/mol. The highest BCUT2D eigenvalue weighted by Gasteiger charge is 2.28. The number of aliphatic hydroxyl groups excluding tert-OH is 1. The lowest BCUT2D eigenvalue weighted by Crippen LogP contribution is -2.10. The summed E-state index contributed by atoms with van der Waals surface area (Å²) >= 11 is 0. The number of imidazole rings is 1. The molecule has 0 aliphatic heterocycles. The molecule has 0 aromatic carbocycles. The van der Waals surface area contributed by atoms with Crippen LogP contribution in [-0.4, -0.2) is 14.7 Å². The summed E-state index contributed by atoms with van der Waals surface area (Å²) in [5.74, 6) is 0. The zero-order chi connectivity index (χ0) is 11.0. The molecule has 3 rings (SSSR count). The lowest BCUT2D eigenvalue weighted by molar-refractivity contribution is 0.198. The first kappa shape index (κ1) is 10.1. The molecular weight excluding hydrogens is 200 g/mol. The molecule has 1 N–H and O–H groups in total. The van der Waals surface area contributed by atoms with Crippen molar-refractivity contribution in [3.63, 3.8) is 0 Å². The second kappa shape index (κ2) is 4.06. The first-order valence-electron chi connectivity index (χ1n) is 6.25. The smallest absolute Gasteiger partial charge is 0.117 e. The van der Waals surface area contributed by atoms with Crippen molar-refractivity contribution in [3.8, 4) is 0 Å². The van der Waals surface area contributed by atoms with E-state index < -0.39 is 6.10 Å². The minimum atomic E-state index is -0.427. The summed E-state index contributed by atoms with van der Waals surface area (Å²) in [4.78, 5) is 4.18. The normalized spacial score (nSPS) is 22.9. The monoisotopic (exact) mass is 218 g/mol. The number of hydrogen-bond acceptors (Lipinski definition) is 2. The molecule has 1 aromatic rings. The molecule has 0 bridgehead atoms. The van der Waals surface area contributed by atoms with Gasteiger partial charge in [0.15, 0.2) is 0 Å². The Bertz CT molecular complexity index is 404. The molecule has 3 nitrogen and oxygen atoms in total. The van der Waals surface area contributed by atoms with Crippen molar-refractivity contribution < 1.29 is 5.11 Å². The Morgan fingerprint density at radius 3 is 2.94 bits per heavy atom. The van der Waals surface area contributed by atoms with Gasteiger partial charge in [0.2, 0.25) is 0 Å². The van der Waals surface area contributed by atoms with Crippen LogP contribution in [0.2, 0.25) is 0 Å². The van der Waals surface area contributed by atoms with Crippen LogP contribution in [0.15, 0.2) is 24.2 Å². The molecule has 1 aromatic heterocycles. The van der Waals surface area contributed by atoms with Gasteiger partial charge in [-0.3, -0.25) is 0 Å². The third kappa shape index (κ3) is 1.80. The Kier molecular flexibility index (Phi) is 2.56. The van der Waals surface area contributed by atoms with Gasteiger partial charge in [0.05, 0.1) is 18.2 Å². The van der Waals surface area contributed by atoms with Crippen molar-refractivity contribution in [1.82, 2.24) is 9.55 Å². The van der Waals surface area contributed by atoms with E-state index in [9.17, 15) is 5.11 Å². The molecule has 1 unspecified atom stereocenters. The summed E-state index contributed by atoms with van der Waals surface area (Å²) in [5.41, 5.74) is 2.17. The van der Waals surface area contributed by atoms with Crippen LogP contribution in [0.5, 0.6) is 0 Å². The van der Waals surface area contributed by atoms with Gasteiger partial charge in [-0.2, -0.15) is 0 Å². The number of rotatable bonds is 3. The quantitative estimate of drug-likeness (QED) is 0.792. The molecule has 1 fully saturated rings. The molecule has 0 radical (unpaired) electrons. The van der Waals surface area contributed by atoms with Crippen molar-refractivity contribution in [2.45, 2.75) is 50.7 Å². The number of hydrogen-bond donors (Lipinski definition) is 1. The van der Waals surface area contributed by atoms with Gasteiger partial charge < -0.3 is 9.67 Å². The number of allylic oxidation sites excluding steroid dienone is 1. The highest BCUT2D eigenvalue weighted by molar-refractivity contribution is 5.21. The molecule has 1 atom stereocenters. The predicted octanol–water partition coefficient (Wildman–Crippen LogP) is 2.75. The van der Waals surface area contributed by atoms with Crippen LogP contribution in [0.3, 0.4) is 0 Å². The maximum Gasteiger partial charge on any atom is 0.117 e. The molecule has 86 valence electrons. The average molecular weight is 218 g/mol. The SMILES string of the molecule is OC(C1=CCCCC1)c1cncn1C1CC1. The maximum atomic E-state index is 10.4. The van der Waals surface area contributed by atoms with Crippen molar-refractivity contribution in [1.29, 1.82) is 0 Å². The maximum absolute atomic E-state index is 10.4. The fourth-order valence-corrected chi connectivity index (χ4v) is 2.49. The summed E-state index contributed by atoms with van der Waals surface area (Å²) in [6, 6.07) is 0.594. The minimum Gasteiger partial charge on any atom is -0.382 e. The van der Waals surface area contributed by atoms with E-state index in [1.807, 2.05) is 12.5 Å². The van der Waals surface area contributed by atoms with Gasteiger partial charge in [-0.15, -0.1) is 0 Å². The van der Waals surface area contributed by atoms with Crippen LogP contribution in [0.1, 0.15) is 56.4 Å². The Balaban J connectivity index is 1.84. The van der Waals surface area contributed by atoms with E-state index in [0.717, 1.165) is 18.5 Å². The van der Waals surface area contributed by atoms with E-state index in [2.05, 4.69) is 15.6 Å². The topological polar surface area (TPSA) is 38.1 Å². The highest BCUT2D eigenvalue weighted by Crippen LogP contribution is 2.38. The zero-order valence-electron chi connectivity index (χ0n) is 9.47. The molecule has 2 aliphatic carbocycles. The van der Waals surface area contributed by atoms with Gasteiger partial charge in [0, 0.05) is 6.04 Å². The van der Waals surface area contributed by atoms with E-state index in [1.54, 1.807) is 0 Å². The lowest BCUT2D eigenvalue weighted by atomic mass is 9.94. The van der Waals surface area contributed by atoms with E-state index in [4.69, 9.17) is 0 Å². The minimum absolute atomic E-state index is 0.427. The van der Waals surface area contributed by atoms with Crippen LogP contribution in [-0.2, 0) is 0 Å². The molecule has 0 saturated heterocycles. The summed E-state index contributed by atoms with van der Waals surface area (Å²) in [6.07, 6.45) is 12.5. The second-order valence-electron chi connectivity index (χ2n) is 4.88. The van der Waals surface area contributed by atoms with Gasteiger partial charge in [0.25, 0.3) is 0 Å². The summed E-state index contributed by atoms with van der Waals surface area (Å²) in [6.45, 7) is 0. The van der Waals surface area contributed by atoms with Gasteiger partial charge in [0.1, 0.15) is 6.10 Å². The molecule has 16 heavy (non-hydrogen) atoms. The van der Waals surface area contributed by atoms with Gasteiger partial charge in [-0.1, -0.05) is 6.08 Å². The number of nitrogens with zero attached hydrogens (tertiary/aromatic N) is 2. The second-order valence-corrected chi connectivity index (χ2v) is 4.88. The van der Waals surface area contributed by atoms with E-state index in [0.29, 0.717) is 6.04 Å². The Morgan fingerprint density at radius 1 is 1.38 bits per heavy atom. The number of aromatic nitrogens is 2. The standard InChI is InChI=1S/C13H18N2O/c16-13(10-4-2-1-3-5-10)12-8-14-9-15(12)11-6-7-11/h4,8-9,11,13,16H,1-3,5-7H2. The summed E-state index contributed by atoms with van der Waals surface area (Å²) in [7, 11) is 0. The van der Waals surface area contributed by atoms with Crippen molar-refractivity contribution in [2.75, 3.05) is 0 Å². The van der Waals surface area contributed by atoms with Crippen LogP contribution in [0, 0.1) is 0 Å². The largest absolute Gasteiger partial charge is 0.382 e. The van der Waals surface area contributed by atoms with Crippen molar-refractivity contribution in [3.05, 3.63) is 29.9 Å². The molecule has 1 heterocycles. The Labute approximate surface area is 95.8 Å². The average Bonchev–Trinajstić information content (AvgIpc) is 3.07. The molecule has 0 spiro atoms. The molecular formula is C13H18N2O. The van der Waals surface area contributed by atoms with Gasteiger partial charge in [-0.05, 0) is 44.1 Å². The third-order valence-electron chi connectivity index (χ3n) is 3.59. The number of aliphatic hydroxyl groups is 1. The van der Waals surface area contributed by atoms with E-state index in [-0.39, 0.29) is 0 Å². The summed E-state index contributed by atoms with van der Waals surface area (Å²) < 4.78 is 2.15. The third-order valence-corrected chi connectivity index (χ3v) is 3.59. The fourth-order valence-electron chi connectivity index (χ4n) is 2.49. The Morgan fingerprint density at radius 2 is 2.25 bits per heavy atom. The van der Waals surface area contributed by atoms with E-state index in [1.165, 1.54) is 31.3 Å². The Hall–Kier alpha value is -1.09. The van der Waals surface area contributed by atoms with Crippen molar-refractivity contribution >= 4 is 0 Å². The van der Waals surface area contributed by atoms with Gasteiger partial charge >= 0.3 is 0 Å². The fraction of sp³-hybridized carbons (Fsp3) is 0.615. The van der Waals surface area contributed by atoms with E-state index >= 15 is 0 Å². The summed E-state index contributed by atoms with van der Waals surface area (Å²) in [5, 5.41) is 10.4. The van der Waals surface area contributed by atoms with Crippen LogP contribution < -0.4 is 0 Å². The first-order valence-corrected chi connectivity index (χ1v) is 6.25. The highest BCUT2D eigenvalue weighted by atomic mass is 16.3. The first-order chi connectivity index (χ1) is 7.86. The van der Waals surface area contributed by atoms with Gasteiger partial charge in [-0.25, -0.2) is 4.98 Å². The van der Waals surface area contributed by atoms with Crippen LogP contribution in [0.25, 0.3) is 0 Å². The molecule has 3 heteroatoms. The molecule has 0 amide bonds.